The molecule has 6 nitrogen and oxygen atoms in total. The molecule has 2 aliphatic rings. The van der Waals surface area contributed by atoms with Crippen molar-refractivity contribution in [2.75, 3.05) is 75.8 Å². The van der Waals surface area contributed by atoms with Gasteiger partial charge in [-0.15, -0.1) is 0 Å². The second kappa shape index (κ2) is 9.60. The number of ether oxygens (including phenoxy) is 1. The standard InChI is InChI=1S/C25H34N4O2/c1-20-5-4-6-24(21(20)2)28-15-17-29(18-16-28)25(30)19-26-11-13-27(14-12-26)22-7-9-23(31-3)10-8-22/h4-10H,11-19H2,1-3H3/p+1. The molecule has 2 fully saturated rings. The van der Waals surface area contributed by atoms with E-state index in [4.69, 9.17) is 4.74 Å². The van der Waals surface area contributed by atoms with E-state index in [1.165, 1.54) is 27.4 Å². The van der Waals surface area contributed by atoms with Gasteiger partial charge in [-0.2, -0.15) is 0 Å². The van der Waals surface area contributed by atoms with Gasteiger partial charge in [0, 0.05) is 37.6 Å². The number of carbonyl (C=O) groups excluding carboxylic acids is 1. The molecule has 6 heteroatoms. The van der Waals surface area contributed by atoms with Crippen LogP contribution in [0, 0.1) is 13.8 Å². The minimum absolute atomic E-state index is 0.300. The van der Waals surface area contributed by atoms with E-state index in [1.54, 1.807) is 7.11 Å². The molecular formula is C25H35N4O2+. The van der Waals surface area contributed by atoms with Crippen LogP contribution in [0.15, 0.2) is 42.5 Å². The zero-order valence-corrected chi connectivity index (χ0v) is 19.1. The largest absolute Gasteiger partial charge is 0.497 e. The van der Waals surface area contributed by atoms with Crippen LogP contribution in [-0.2, 0) is 4.79 Å². The van der Waals surface area contributed by atoms with Gasteiger partial charge in [0.15, 0.2) is 6.54 Å². The lowest BCUT2D eigenvalue weighted by Gasteiger charge is -2.38. The Bertz CT molecular complexity index is 883. The lowest BCUT2D eigenvalue weighted by atomic mass is 10.1. The maximum atomic E-state index is 12.9. The molecule has 31 heavy (non-hydrogen) atoms. The van der Waals surface area contributed by atoms with Crippen molar-refractivity contribution >= 4 is 17.3 Å². The highest BCUT2D eigenvalue weighted by Crippen LogP contribution is 2.24. The number of benzene rings is 2. The summed E-state index contributed by atoms with van der Waals surface area (Å²) >= 11 is 0. The summed E-state index contributed by atoms with van der Waals surface area (Å²) in [7, 11) is 1.69. The van der Waals surface area contributed by atoms with Crippen LogP contribution in [0.1, 0.15) is 11.1 Å². The molecule has 2 heterocycles. The van der Waals surface area contributed by atoms with Crippen LogP contribution in [0.2, 0.25) is 0 Å². The van der Waals surface area contributed by atoms with Crippen molar-refractivity contribution in [2.45, 2.75) is 13.8 Å². The van der Waals surface area contributed by atoms with E-state index in [1.807, 2.05) is 12.1 Å². The first-order valence-corrected chi connectivity index (χ1v) is 11.4. The van der Waals surface area contributed by atoms with Crippen molar-refractivity contribution in [1.82, 2.24) is 4.90 Å². The highest BCUT2D eigenvalue weighted by Gasteiger charge is 2.27. The van der Waals surface area contributed by atoms with Gasteiger partial charge in [0.1, 0.15) is 5.75 Å². The maximum absolute atomic E-state index is 12.9. The lowest BCUT2D eigenvalue weighted by Crippen LogP contribution is -3.16. The van der Waals surface area contributed by atoms with Gasteiger partial charge in [-0.3, -0.25) is 4.79 Å². The second-order valence-corrected chi connectivity index (χ2v) is 8.70. The van der Waals surface area contributed by atoms with Crippen molar-refractivity contribution in [1.29, 1.82) is 0 Å². The van der Waals surface area contributed by atoms with E-state index in [2.05, 4.69) is 58.9 Å². The monoisotopic (exact) mass is 423 g/mol. The number of quaternary nitrogens is 1. The van der Waals surface area contributed by atoms with Crippen LogP contribution < -0.4 is 19.4 Å². The number of hydrogen-bond acceptors (Lipinski definition) is 4. The average molecular weight is 424 g/mol. The Morgan fingerprint density at radius 2 is 1.58 bits per heavy atom. The molecule has 2 saturated heterocycles. The van der Waals surface area contributed by atoms with Gasteiger partial charge in [0.05, 0.1) is 33.3 Å². The smallest absolute Gasteiger partial charge is 0.277 e. The number of piperazine rings is 2. The van der Waals surface area contributed by atoms with E-state index in [-0.39, 0.29) is 0 Å². The summed E-state index contributed by atoms with van der Waals surface area (Å²) in [5, 5.41) is 0. The zero-order valence-electron chi connectivity index (χ0n) is 19.1. The molecule has 2 aromatic carbocycles. The van der Waals surface area contributed by atoms with E-state index in [9.17, 15) is 4.79 Å². The predicted octanol–water partition coefficient (Wildman–Crippen LogP) is 1.37. The van der Waals surface area contributed by atoms with E-state index < -0.39 is 0 Å². The summed E-state index contributed by atoms with van der Waals surface area (Å²) in [5.74, 6) is 1.18. The van der Waals surface area contributed by atoms with Crippen LogP contribution >= 0.6 is 0 Å². The van der Waals surface area contributed by atoms with Crippen molar-refractivity contribution in [3.8, 4) is 5.75 Å². The Labute approximate surface area is 186 Å². The molecule has 0 unspecified atom stereocenters. The van der Waals surface area contributed by atoms with Gasteiger partial charge in [-0.1, -0.05) is 12.1 Å². The Morgan fingerprint density at radius 3 is 2.23 bits per heavy atom. The molecule has 0 radical (unpaired) electrons. The van der Waals surface area contributed by atoms with Gasteiger partial charge in [-0.05, 0) is 55.3 Å². The number of nitrogens with one attached hydrogen (secondary N) is 1. The van der Waals surface area contributed by atoms with Crippen LogP contribution in [0.5, 0.6) is 5.75 Å². The molecule has 2 aliphatic heterocycles. The normalized spacial score (nSPS) is 17.7. The van der Waals surface area contributed by atoms with Gasteiger partial charge in [-0.25, -0.2) is 0 Å². The Hall–Kier alpha value is -2.73. The minimum Gasteiger partial charge on any atom is -0.497 e. The minimum atomic E-state index is 0.300. The van der Waals surface area contributed by atoms with Gasteiger partial charge in [0.2, 0.25) is 0 Å². The van der Waals surface area contributed by atoms with Crippen molar-refractivity contribution in [3.05, 3.63) is 53.6 Å². The van der Waals surface area contributed by atoms with Crippen molar-refractivity contribution < 1.29 is 14.4 Å². The average Bonchev–Trinajstić information content (AvgIpc) is 2.81. The highest BCUT2D eigenvalue weighted by atomic mass is 16.5. The number of nitrogens with zero attached hydrogens (tertiary/aromatic N) is 3. The molecule has 0 bridgehead atoms. The number of anilines is 2. The third-order valence-electron chi connectivity index (χ3n) is 6.86. The maximum Gasteiger partial charge on any atom is 0.277 e. The van der Waals surface area contributed by atoms with Crippen LogP contribution in [-0.4, -0.2) is 76.8 Å². The first-order chi connectivity index (χ1) is 15.0. The summed E-state index contributed by atoms with van der Waals surface area (Å²) in [6, 6.07) is 14.7. The number of rotatable bonds is 5. The predicted molar refractivity (Wildman–Crippen MR) is 125 cm³/mol. The highest BCUT2D eigenvalue weighted by molar-refractivity contribution is 5.77. The fourth-order valence-corrected chi connectivity index (χ4v) is 4.65. The summed E-state index contributed by atoms with van der Waals surface area (Å²) in [5.41, 5.74) is 5.22. The lowest BCUT2D eigenvalue weighted by molar-refractivity contribution is -0.892. The molecule has 0 aromatic heterocycles. The van der Waals surface area contributed by atoms with Crippen LogP contribution in [0.4, 0.5) is 11.4 Å². The SMILES string of the molecule is COc1ccc(N2CC[NH+](CC(=O)N3CCN(c4cccc(C)c4C)CC3)CC2)cc1. The van der Waals surface area contributed by atoms with E-state index in [0.717, 1.165) is 58.1 Å². The van der Waals surface area contributed by atoms with Crippen molar-refractivity contribution in [2.24, 2.45) is 0 Å². The van der Waals surface area contributed by atoms with Gasteiger partial charge in [0.25, 0.3) is 5.91 Å². The molecule has 4 rings (SSSR count). The topological polar surface area (TPSA) is 40.5 Å². The molecule has 0 spiro atoms. The third kappa shape index (κ3) is 4.96. The molecule has 1 amide bonds. The van der Waals surface area contributed by atoms with Crippen molar-refractivity contribution in [3.63, 3.8) is 0 Å². The third-order valence-corrected chi connectivity index (χ3v) is 6.86. The summed E-state index contributed by atoms with van der Waals surface area (Å²) in [4.78, 5) is 21.2. The van der Waals surface area contributed by atoms with Crippen LogP contribution in [0.25, 0.3) is 0 Å². The number of hydrogen-bond donors (Lipinski definition) is 1. The Morgan fingerprint density at radius 1 is 0.903 bits per heavy atom. The zero-order chi connectivity index (χ0) is 21.8. The fourth-order valence-electron chi connectivity index (χ4n) is 4.65. The fraction of sp³-hybridized carbons (Fsp3) is 0.480. The number of carbonyl (C=O) groups is 1. The molecule has 0 atom stereocenters. The number of amides is 1. The van der Waals surface area contributed by atoms with E-state index >= 15 is 0 Å². The van der Waals surface area contributed by atoms with Gasteiger partial charge < -0.3 is 24.3 Å². The first kappa shape index (κ1) is 21.5. The van der Waals surface area contributed by atoms with Crippen LogP contribution in [0.3, 0.4) is 0 Å². The Kier molecular flexibility index (Phi) is 6.66. The quantitative estimate of drug-likeness (QED) is 0.789. The molecule has 0 aliphatic carbocycles. The summed E-state index contributed by atoms with van der Waals surface area (Å²) < 4.78 is 5.25. The molecule has 2 aromatic rings. The summed E-state index contributed by atoms with van der Waals surface area (Å²) in [6.45, 7) is 12.4. The van der Waals surface area contributed by atoms with Gasteiger partial charge >= 0.3 is 0 Å². The number of aryl methyl sites for hydroxylation is 1. The summed E-state index contributed by atoms with van der Waals surface area (Å²) in [6.07, 6.45) is 0. The van der Waals surface area contributed by atoms with E-state index in [0.29, 0.717) is 12.5 Å². The molecule has 166 valence electrons. The first-order valence-electron chi connectivity index (χ1n) is 11.4. The second-order valence-electron chi connectivity index (χ2n) is 8.70. The molecule has 1 N–H and O–H groups in total. The molecule has 0 saturated carbocycles. The molecular weight excluding hydrogens is 388 g/mol. The number of methoxy groups -OCH3 is 1. The Balaban J connectivity index is 1.24.